The molecule has 2 aromatic rings. The second kappa shape index (κ2) is 5.38. The fourth-order valence-corrected chi connectivity index (χ4v) is 3.41. The Morgan fingerprint density at radius 2 is 2.22 bits per heavy atom. The molecule has 0 saturated carbocycles. The summed E-state index contributed by atoms with van der Waals surface area (Å²) >= 11 is 7.97. The highest BCUT2D eigenvalue weighted by molar-refractivity contribution is 7.11. The standard InChI is InChI=1S/C12H17ClN4S/c1-5-17-11(9(13)6-15-17)10(14-4)12-7(2)16-8(3)18-12/h6,10,14H,5H2,1-4H3. The lowest BCUT2D eigenvalue weighted by atomic mass is 10.1. The molecule has 0 amide bonds. The molecule has 1 atom stereocenters. The maximum atomic E-state index is 6.27. The minimum atomic E-state index is 0.0474. The molecule has 0 bridgehead atoms. The van der Waals surface area contributed by atoms with Crippen LogP contribution in [0.1, 0.15) is 34.2 Å². The zero-order chi connectivity index (χ0) is 13.3. The molecule has 2 rings (SSSR count). The van der Waals surface area contributed by atoms with E-state index in [1.807, 2.05) is 25.6 Å². The van der Waals surface area contributed by atoms with Crippen LogP contribution < -0.4 is 5.32 Å². The van der Waals surface area contributed by atoms with E-state index in [9.17, 15) is 0 Å². The molecule has 4 nitrogen and oxygen atoms in total. The number of hydrogen-bond donors (Lipinski definition) is 1. The number of aromatic nitrogens is 3. The second-order valence-electron chi connectivity index (χ2n) is 4.10. The summed E-state index contributed by atoms with van der Waals surface area (Å²) in [5.74, 6) is 0. The summed E-state index contributed by atoms with van der Waals surface area (Å²) in [5, 5.41) is 9.38. The Hall–Kier alpha value is -0.910. The summed E-state index contributed by atoms with van der Waals surface area (Å²) in [4.78, 5) is 5.68. The van der Waals surface area contributed by atoms with Crippen molar-refractivity contribution in [3.63, 3.8) is 0 Å². The minimum Gasteiger partial charge on any atom is -0.307 e. The molecule has 0 radical (unpaired) electrons. The van der Waals surface area contributed by atoms with Crippen molar-refractivity contribution in [3.8, 4) is 0 Å². The van der Waals surface area contributed by atoms with Crippen LogP contribution in [0.2, 0.25) is 5.02 Å². The molecule has 0 aromatic carbocycles. The number of aryl methyl sites for hydroxylation is 3. The summed E-state index contributed by atoms with van der Waals surface area (Å²) in [5.41, 5.74) is 2.06. The topological polar surface area (TPSA) is 42.7 Å². The number of halogens is 1. The monoisotopic (exact) mass is 284 g/mol. The molecule has 1 unspecified atom stereocenters. The van der Waals surface area contributed by atoms with Gasteiger partial charge >= 0.3 is 0 Å². The molecule has 0 aliphatic heterocycles. The average molecular weight is 285 g/mol. The summed E-state index contributed by atoms with van der Waals surface area (Å²) < 4.78 is 1.93. The SMILES string of the molecule is CCn1ncc(Cl)c1C(NC)c1sc(C)nc1C. The van der Waals surface area contributed by atoms with Gasteiger partial charge in [0.05, 0.1) is 38.5 Å². The Balaban J connectivity index is 2.51. The summed E-state index contributed by atoms with van der Waals surface area (Å²) in [6.45, 7) is 6.91. The average Bonchev–Trinajstić information content (AvgIpc) is 2.85. The summed E-state index contributed by atoms with van der Waals surface area (Å²) in [6.07, 6.45) is 1.70. The van der Waals surface area contributed by atoms with Gasteiger partial charge in [-0.25, -0.2) is 4.98 Å². The number of thiazole rings is 1. The molecule has 6 heteroatoms. The molecule has 0 fully saturated rings. The third-order valence-electron chi connectivity index (χ3n) is 2.90. The normalized spacial score (nSPS) is 12.9. The first-order valence-corrected chi connectivity index (χ1v) is 7.10. The van der Waals surface area contributed by atoms with Gasteiger partial charge in [-0.15, -0.1) is 11.3 Å². The largest absolute Gasteiger partial charge is 0.307 e. The Bertz CT molecular complexity index is 546. The maximum Gasteiger partial charge on any atom is 0.0900 e. The molecule has 0 saturated heterocycles. The van der Waals surface area contributed by atoms with Crippen molar-refractivity contribution >= 4 is 22.9 Å². The highest BCUT2D eigenvalue weighted by Gasteiger charge is 2.24. The van der Waals surface area contributed by atoms with Crippen molar-refractivity contribution in [1.29, 1.82) is 0 Å². The lowest BCUT2D eigenvalue weighted by Gasteiger charge is -2.17. The van der Waals surface area contributed by atoms with Gasteiger partial charge in [-0.3, -0.25) is 4.68 Å². The van der Waals surface area contributed by atoms with E-state index in [1.165, 1.54) is 4.88 Å². The summed E-state index contributed by atoms with van der Waals surface area (Å²) in [6, 6.07) is 0.0474. The van der Waals surface area contributed by atoms with Gasteiger partial charge in [0.2, 0.25) is 0 Å². The van der Waals surface area contributed by atoms with Gasteiger partial charge in [0.1, 0.15) is 0 Å². The Morgan fingerprint density at radius 1 is 1.50 bits per heavy atom. The van der Waals surface area contributed by atoms with Crippen molar-refractivity contribution in [3.05, 3.63) is 32.5 Å². The highest BCUT2D eigenvalue weighted by atomic mass is 35.5. The molecule has 0 aliphatic rings. The zero-order valence-corrected chi connectivity index (χ0v) is 12.6. The van der Waals surface area contributed by atoms with Crippen LogP contribution in [0.4, 0.5) is 0 Å². The maximum absolute atomic E-state index is 6.27. The van der Waals surface area contributed by atoms with Gasteiger partial charge in [-0.05, 0) is 27.8 Å². The van der Waals surface area contributed by atoms with Crippen LogP contribution >= 0.6 is 22.9 Å². The van der Waals surface area contributed by atoms with E-state index < -0.39 is 0 Å². The third-order valence-corrected chi connectivity index (χ3v) is 4.33. The third kappa shape index (κ3) is 2.30. The Morgan fingerprint density at radius 3 is 2.72 bits per heavy atom. The van der Waals surface area contributed by atoms with Gasteiger partial charge in [-0.2, -0.15) is 5.10 Å². The molecular weight excluding hydrogens is 268 g/mol. The number of rotatable bonds is 4. The van der Waals surface area contributed by atoms with Crippen LogP contribution in [-0.4, -0.2) is 21.8 Å². The number of nitrogens with zero attached hydrogens (tertiary/aromatic N) is 3. The van der Waals surface area contributed by atoms with E-state index in [2.05, 4.69) is 22.3 Å². The van der Waals surface area contributed by atoms with E-state index >= 15 is 0 Å². The molecule has 98 valence electrons. The lowest BCUT2D eigenvalue weighted by Crippen LogP contribution is -2.21. The van der Waals surface area contributed by atoms with Crippen molar-refractivity contribution in [2.24, 2.45) is 0 Å². The van der Waals surface area contributed by atoms with Crippen LogP contribution in [0.15, 0.2) is 6.20 Å². The quantitative estimate of drug-likeness (QED) is 0.939. The van der Waals surface area contributed by atoms with Crippen LogP contribution in [0.3, 0.4) is 0 Å². The van der Waals surface area contributed by atoms with E-state index in [1.54, 1.807) is 17.5 Å². The first kappa shape index (κ1) is 13.5. The van der Waals surface area contributed by atoms with Crippen LogP contribution in [0.25, 0.3) is 0 Å². The Kier molecular flexibility index (Phi) is 4.04. The van der Waals surface area contributed by atoms with E-state index in [0.717, 1.165) is 22.9 Å². The van der Waals surface area contributed by atoms with Crippen LogP contribution in [-0.2, 0) is 6.54 Å². The van der Waals surface area contributed by atoms with Gasteiger partial charge in [0, 0.05) is 6.54 Å². The lowest BCUT2D eigenvalue weighted by molar-refractivity contribution is 0.566. The van der Waals surface area contributed by atoms with Crippen molar-refractivity contribution in [2.75, 3.05) is 7.05 Å². The smallest absolute Gasteiger partial charge is 0.0900 e. The van der Waals surface area contributed by atoms with Crippen molar-refractivity contribution < 1.29 is 0 Å². The predicted molar refractivity (Wildman–Crippen MR) is 75.4 cm³/mol. The first-order chi connectivity index (χ1) is 8.58. The minimum absolute atomic E-state index is 0.0474. The zero-order valence-electron chi connectivity index (χ0n) is 11.0. The number of nitrogens with one attached hydrogen (secondary N) is 1. The van der Waals surface area contributed by atoms with E-state index in [-0.39, 0.29) is 6.04 Å². The van der Waals surface area contributed by atoms with Crippen LogP contribution in [0, 0.1) is 13.8 Å². The number of hydrogen-bond acceptors (Lipinski definition) is 4. The fourth-order valence-electron chi connectivity index (χ4n) is 2.12. The Labute approximate surface area is 116 Å². The van der Waals surface area contributed by atoms with E-state index in [0.29, 0.717) is 5.02 Å². The van der Waals surface area contributed by atoms with Gasteiger partial charge in [-0.1, -0.05) is 11.6 Å². The molecule has 2 heterocycles. The van der Waals surface area contributed by atoms with Crippen LogP contribution in [0.5, 0.6) is 0 Å². The second-order valence-corrected chi connectivity index (χ2v) is 5.74. The molecular formula is C12H17ClN4S. The molecule has 2 aromatic heterocycles. The van der Waals surface area contributed by atoms with E-state index in [4.69, 9.17) is 11.6 Å². The predicted octanol–water partition coefficient (Wildman–Crippen LogP) is 2.94. The highest BCUT2D eigenvalue weighted by Crippen LogP contribution is 2.33. The molecule has 1 N–H and O–H groups in total. The van der Waals surface area contributed by atoms with Gasteiger partial charge < -0.3 is 5.32 Å². The van der Waals surface area contributed by atoms with Crippen molar-refractivity contribution in [2.45, 2.75) is 33.4 Å². The van der Waals surface area contributed by atoms with Gasteiger partial charge in [0.25, 0.3) is 0 Å². The fraction of sp³-hybridized carbons (Fsp3) is 0.500. The van der Waals surface area contributed by atoms with Crippen molar-refractivity contribution in [1.82, 2.24) is 20.1 Å². The molecule has 0 aliphatic carbocycles. The molecule has 18 heavy (non-hydrogen) atoms. The first-order valence-electron chi connectivity index (χ1n) is 5.90. The van der Waals surface area contributed by atoms with Gasteiger partial charge in [0.15, 0.2) is 0 Å². The molecule has 0 spiro atoms. The summed E-state index contributed by atoms with van der Waals surface area (Å²) in [7, 11) is 1.93.